The Hall–Kier alpha value is -4.45. The number of benzene rings is 2. The molecule has 0 saturated heterocycles. The van der Waals surface area contributed by atoms with Crippen molar-refractivity contribution in [2.24, 2.45) is 7.05 Å². The summed E-state index contributed by atoms with van der Waals surface area (Å²) in [4.78, 5) is 49.9. The highest BCUT2D eigenvalue weighted by Crippen LogP contribution is 2.11. The lowest BCUT2D eigenvalue weighted by Crippen LogP contribution is -2.43. The van der Waals surface area contributed by atoms with Crippen molar-refractivity contribution in [2.75, 3.05) is 12.3 Å². The zero-order valence-corrected chi connectivity index (χ0v) is 16.6. The van der Waals surface area contributed by atoms with Gasteiger partial charge < -0.3 is 10.5 Å². The lowest BCUT2D eigenvalue weighted by Gasteiger charge is -2.14. The summed E-state index contributed by atoms with van der Waals surface area (Å²) >= 11 is 0. The van der Waals surface area contributed by atoms with Crippen molar-refractivity contribution >= 4 is 17.6 Å². The molecule has 0 bridgehead atoms. The molecule has 0 fully saturated rings. The number of Topliss-reactive ketones (excluding diaryl/α,β-unsaturated/α-hetero) is 1. The Kier molecular flexibility index (Phi) is 6.12. The van der Waals surface area contributed by atoms with E-state index in [0.717, 1.165) is 14.7 Å². The Morgan fingerprint density at radius 2 is 1.71 bits per heavy atom. The summed E-state index contributed by atoms with van der Waals surface area (Å²) in [6.45, 7) is -0.674. The average molecular weight is 418 g/mol. The van der Waals surface area contributed by atoms with Crippen LogP contribution in [0.4, 0.5) is 5.82 Å². The van der Waals surface area contributed by atoms with Gasteiger partial charge in [0.1, 0.15) is 11.4 Å². The van der Waals surface area contributed by atoms with Gasteiger partial charge in [-0.15, -0.1) is 0 Å². The first kappa shape index (κ1) is 21.3. The molecule has 3 aromatic rings. The molecule has 2 N–H and O–H groups in total. The smallest absolute Gasteiger partial charge is 0.338 e. The quantitative estimate of drug-likeness (QED) is 0.467. The van der Waals surface area contributed by atoms with Crippen molar-refractivity contribution in [3.05, 3.63) is 97.7 Å². The van der Waals surface area contributed by atoms with Gasteiger partial charge in [-0.1, -0.05) is 30.3 Å². The minimum atomic E-state index is -0.869. The maximum atomic E-state index is 12.7. The molecular weight excluding hydrogens is 400 g/mol. The van der Waals surface area contributed by atoms with E-state index in [9.17, 15) is 19.2 Å². The van der Waals surface area contributed by atoms with Crippen LogP contribution in [0.5, 0.6) is 0 Å². The number of ether oxygens (including phenoxy) is 1. The summed E-state index contributed by atoms with van der Waals surface area (Å²) < 4.78 is 6.90. The molecular formula is C22H18N4O5. The summed E-state index contributed by atoms with van der Waals surface area (Å²) in [7, 11) is 1.24. The van der Waals surface area contributed by atoms with Crippen LogP contribution in [0.3, 0.4) is 0 Å². The van der Waals surface area contributed by atoms with Crippen molar-refractivity contribution in [3.8, 4) is 6.07 Å². The number of nitrogen functional groups attached to an aromatic ring is 1. The molecule has 2 aromatic carbocycles. The molecule has 0 spiro atoms. The molecule has 9 nitrogen and oxygen atoms in total. The highest BCUT2D eigenvalue weighted by molar-refractivity contribution is 6.02. The topological polar surface area (TPSA) is 137 Å². The minimum absolute atomic E-state index is 0.0605. The first-order chi connectivity index (χ1) is 14.8. The lowest BCUT2D eigenvalue weighted by molar-refractivity contribution is 0.0474. The van der Waals surface area contributed by atoms with E-state index in [-0.39, 0.29) is 17.9 Å². The van der Waals surface area contributed by atoms with Crippen LogP contribution < -0.4 is 17.0 Å². The van der Waals surface area contributed by atoms with E-state index in [1.807, 2.05) is 12.1 Å². The van der Waals surface area contributed by atoms with Crippen molar-refractivity contribution in [3.63, 3.8) is 0 Å². The molecule has 0 unspecified atom stereocenters. The third-order valence-electron chi connectivity index (χ3n) is 4.63. The maximum absolute atomic E-state index is 12.7. The predicted molar refractivity (Wildman–Crippen MR) is 112 cm³/mol. The number of hydrogen-bond donors (Lipinski definition) is 1. The van der Waals surface area contributed by atoms with Crippen molar-refractivity contribution in [1.29, 1.82) is 5.26 Å². The summed E-state index contributed by atoms with van der Waals surface area (Å²) in [6, 6.07) is 16.5. The number of carbonyl (C=O) groups excluding carboxylic acids is 2. The average Bonchev–Trinajstić information content (AvgIpc) is 2.79. The second-order valence-corrected chi connectivity index (χ2v) is 6.67. The van der Waals surface area contributed by atoms with Crippen LogP contribution in [0.2, 0.25) is 0 Å². The summed E-state index contributed by atoms with van der Waals surface area (Å²) in [6.07, 6.45) is 0. The number of nitrogens with zero attached hydrogens (tertiary/aromatic N) is 3. The number of anilines is 1. The Labute approximate surface area is 176 Å². The van der Waals surface area contributed by atoms with Crippen molar-refractivity contribution in [2.45, 2.75) is 6.54 Å². The third-order valence-corrected chi connectivity index (χ3v) is 4.63. The zero-order chi connectivity index (χ0) is 22.5. The third kappa shape index (κ3) is 4.43. The predicted octanol–water partition coefficient (Wildman–Crippen LogP) is 1.09. The minimum Gasteiger partial charge on any atom is -0.454 e. The number of esters is 1. The number of nitriles is 1. The van der Waals surface area contributed by atoms with E-state index in [2.05, 4.69) is 0 Å². The molecule has 0 saturated carbocycles. The fraction of sp³-hybridized carbons (Fsp3) is 0.136. The van der Waals surface area contributed by atoms with Gasteiger partial charge in [-0.2, -0.15) is 5.26 Å². The SMILES string of the molecule is Cn1c(=O)c(C(=O)COC(=O)c2ccc(C#N)cc2)c(N)n(Cc2ccccc2)c1=O. The molecule has 0 aliphatic heterocycles. The molecule has 0 aliphatic carbocycles. The van der Waals surface area contributed by atoms with Gasteiger partial charge in [-0.25, -0.2) is 9.59 Å². The van der Waals surface area contributed by atoms with Gasteiger partial charge in [-0.3, -0.25) is 18.7 Å². The number of hydrogen-bond acceptors (Lipinski definition) is 7. The standard InChI is InChI=1S/C22H18N4O5/c1-25-20(28)18(19(24)26(22(25)30)12-15-5-3-2-4-6-15)17(27)13-31-21(29)16-9-7-14(11-23)8-10-16/h2-10H,12-13,24H2,1H3. The monoisotopic (exact) mass is 418 g/mol. The van der Waals surface area contributed by atoms with Crippen LogP contribution in [0, 0.1) is 11.3 Å². The molecule has 0 amide bonds. The Morgan fingerprint density at radius 3 is 2.32 bits per heavy atom. The van der Waals surface area contributed by atoms with Crippen LogP contribution in [0.15, 0.2) is 64.2 Å². The largest absolute Gasteiger partial charge is 0.454 e. The molecule has 31 heavy (non-hydrogen) atoms. The molecule has 3 rings (SSSR count). The summed E-state index contributed by atoms with van der Waals surface area (Å²) in [5, 5.41) is 8.80. The second-order valence-electron chi connectivity index (χ2n) is 6.67. The van der Waals surface area contributed by atoms with Crippen LogP contribution >= 0.6 is 0 Å². The van der Waals surface area contributed by atoms with E-state index >= 15 is 0 Å². The second kappa shape index (κ2) is 8.92. The van der Waals surface area contributed by atoms with Crippen molar-refractivity contribution < 1.29 is 14.3 Å². The maximum Gasteiger partial charge on any atom is 0.338 e. The number of carbonyl (C=O) groups is 2. The van der Waals surface area contributed by atoms with E-state index < -0.39 is 35.2 Å². The molecule has 1 aromatic heterocycles. The first-order valence-corrected chi connectivity index (χ1v) is 9.17. The number of rotatable bonds is 6. The highest BCUT2D eigenvalue weighted by Gasteiger charge is 2.23. The van der Waals surface area contributed by atoms with Gasteiger partial charge in [0.2, 0.25) is 5.78 Å². The molecule has 9 heteroatoms. The molecule has 1 heterocycles. The normalized spacial score (nSPS) is 10.3. The van der Waals surface area contributed by atoms with Crippen LogP contribution in [0.1, 0.15) is 31.8 Å². The van der Waals surface area contributed by atoms with Gasteiger partial charge in [0.05, 0.1) is 23.7 Å². The van der Waals surface area contributed by atoms with E-state index in [1.165, 1.54) is 31.3 Å². The van der Waals surface area contributed by atoms with E-state index in [1.54, 1.807) is 24.3 Å². The Balaban J connectivity index is 1.86. The molecule has 0 aliphatic rings. The van der Waals surface area contributed by atoms with Crippen LogP contribution in [0.25, 0.3) is 0 Å². The Bertz CT molecular complexity index is 1300. The molecule has 156 valence electrons. The number of nitrogens with two attached hydrogens (primary N) is 1. The van der Waals surface area contributed by atoms with Gasteiger partial charge in [0.15, 0.2) is 6.61 Å². The first-order valence-electron chi connectivity index (χ1n) is 9.17. The van der Waals surface area contributed by atoms with Gasteiger partial charge >= 0.3 is 11.7 Å². The summed E-state index contributed by atoms with van der Waals surface area (Å²) in [5.41, 5.74) is 5.30. The molecule has 0 radical (unpaired) electrons. The van der Waals surface area contributed by atoms with Crippen LogP contribution in [-0.2, 0) is 18.3 Å². The Morgan fingerprint density at radius 1 is 1.06 bits per heavy atom. The molecule has 0 atom stereocenters. The number of aromatic nitrogens is 2. The van der Waals surface area contributed by atoms with E-state index in [4.69, 9.17) is 15.7 Å². The lowest BCUT2D eigenvalue weighted by atomic mass is 10.1. The zero-order valence-electron chi connectivity index (χ0n) is 16.6. The summed E-state index contributed by atoms with van der Waals surface area (Å²) in [5.74, 6) is -1.93. The van der Waals surface area contributed by atoms with Crippen LogP contribution in [-0.4, -0.2) is 27.5 Å². The van der Waals surface area contributed by atoms with Crippen molar-refractivity contribution in [1.82, 2.24) is 9.13 Å². The van der Waals surface area contributed by atoms with Gasteiger partial charge in [0.25, 0.3) is 5.56 Å². The highest BCUT2D eigenvalue weighted by atomic mass is 16.5. The van der Waals surface area contributed by atoms with E-state index in [0.29, 0.717) is 5.56 Å². The number of ketones is 1. The van der Waals surface area contributed by atoms with Gasteiger partial charge in [-0.05, 0) is 29.8 Å². The van der Waals surface area contributed by atoms with Gasteiger partial charge in [0, 0.05) is 7.05 Å². The fourth-order valence-electron chi connectivity index (χ4n) is 2.93. The fourth-order valence-corrected chi connectivity index (χ4v) is 2.93.